The number of benzene rings is 2. The number of carbonyl (C=O) groups is 2. The first-order chi connectivity index (χ1) is 12.2. The molecule has 3 rings (SSSR count). The van der Waals surface area contributed by atoms with Crippen molar-refractivity contribution in [3.63, 3.8) is 0 Å². The number of hydrogen-bond acceptors (Lipinski definition) is 3. The van der Waals surface area contributed by atoms with Gasteiger partial charge in [0.25, 0.3) is 0 Å². The first kappa shape index (κ1) is 17.2. The molecular formula is C22H22O3. The maximum Gasteiger partial charge on any atom is 0.309 e. The number of allylic oxidation sites excluding steroid dienone is 2. The average Bonchev–Trinajstić information content (AvgIpc) is 2.68. The Kier molecular flexibility index (Phi) is 5.78. The molecule has 0 aliphatic heterocycles. The number of Topliss-reactive ketones (excluding diaryl/α,β-unsaturated/α-hetero) is 1. The van der Waals surface area contributed by atoms with Gasteiger partial charge in [0.2, 0.25) is 0 Å². The number of carbonyl (C=O) groups excluding carboxylic acids is 2. The van der Waals surface area contributed by atoms with Gasteiger partial charge in [-0.15, -0.1) is 0 Å². The van der Waals surface area contributed by atoms with Crippen LogP contribution in [0.3, 0.4) is 0 Å². The molecule has 3 heteroatoms. The molecule has 1 aliphatic carbocycles. The van der Waals surface area contributed by atoms with Crippen LogP contribution in [0.1, 0.15) is 35.2 Å². The highest BCUT2D eigenvalue weighted by Crippen LogP contribution is 2.28. The van der Waals surface area contributed by atoms with Crippen molar-refractivity contribution in [2.24, 2.45) is 11.8 Å². The van der Waals surface area contributed by atoms with Gasteiger partial charge in [-0.05, 0) is 24.3 Å². The van der Waals surface area contributed by atoms with Gasteiger partial charge >= 0.3 is 5.97 Å². The van der Waals surface area contributed by atoms with Crippen LogP contribution >= 0.6 is 0 Å². The van der Waals surface area contributed by atoms with Crippen LogP contribution < -0.4 is 0 Å². The summed E-state index contributed by atoms with van der Waals surface area (Å²) < 4.78 is 5.45. The normalized spacial score (nSPS) is 19.4. The molecule has 0 spiro atoms. The van der Waals surface area contributed by atoms with Crippen molar-refractivity contribution in [3.05, 3.63) is 83.9 Å². The Labute approximate surface area is 148 Å². The van der Waals surface area contributed by atoms with Gasteiger partial charge in [-0.25, -0.2) is 0 Å². The molecule has 0 saturated carbocycles. The van der Waals surface area contributed by atoms with Crippen LogP contribution in [-0.4, -0.2) is 11.8 Å². The smallest absolute Gasteiger partial charge is 0.309 e. The van der Waals surface area contributed by atoms with Gasteiger partial charge in [0, 0.05) is 12.0 Å². The summed E-state index contributed by atoms with van der Waals surface area (Å²) in [6.07, 6.45) is 5.85. The predicted molar refractivity (Wildman–Crippen MR) is 97.0 cm³/mol. The summed E-state index contributed by atoms with van der Waals surface area (Å²) in [5.41, 5.74) is 1.71. The minimum Gasteiger partial charge on any atom is -0.461 e. The lowest BCUT2D eigenvalue weighted by atomic mass is 9.83. The van der Waals surface area contributed by atoms with E-state index in [-0.39, 0.29) is 23.6 Å². The van der Waals surface area contributed by atoms with Crippen molar-refractivity contribution < 1.29 is 14.3 Å². The number of esters is 1. The fourth-order valence-corrected chi connectivity index (χ4v) is 3.15. The van der Waals surface area contributed by atoms with Gasteiger partial charge in [0.15, 0.2) is 5.78 Å². The number of ether oxygens (including phenoxy) is 1. The van der Waals surface area contributed by atoms with Gasteiger partial charge in [-0.1, -0.05) is 72.8 Å². The molecule has 2 atom stereocenters. The largest absolute Gasteiger partial charge is 0.461 e. The quantitative estimate of drug-likeness (QED) is 0.441. The minimum atomic E-state index is -0.176. The van der Waals surface area contributed by atoms with Crippen molar-refractivity contribution in [2.45, 2.75) is 25.9 Å². The molecular weight excluding hydrogens is 312 g/mol. The van der Waals surface area contributed by atoms with E-state index in [1.54, 1.807) is 0 Å². The van der Waals surface area contributed by atoms with E-state index in [2.05, 4.69) is 6.08 Å². The van der Waals surface area contributed by atoms with E-state index in [9.17, 15) is 9.59 Å². The molecule has 0 amide bonds. The first-order valence-electron chi connectivity index (χ1n) is 8.68. The minimum absolute atomic E-state index is 0.0933. The molecule has 128 valence electrons. The van der Waals surface area contributed by atoms with Crippen LogP contribution in [0.5, 0.6) is 0 Å². The molecule has 0 saturated heterocycles. The third-order valence-corrected chi connectivity index (χ3v) is 4.52. The number of rotatable bonds is 6. The molecule has 0 radical (unpaired) electrons. The Balaban J connectivity index is 1.52. The topological polar surface area (TPSA) is 43.4 Å². The summed E-state index contributed by atoms with van der Waals surface area (Å²) in [4.78, 5) is 24.7. The fraction of sp³-hybridized carbons (Fsp3) is 0.273. The Hall–Kier alpha value is -2.68. The summed E-state index contributed by atoms with van der Waals surface area (Å²) >= 11 is 0. The highest BCUT2D eigenvalue weighted by Gasteiger charge is 2.26. The van der Waals surface area contributed by atoms with Gasteiger partial charge in [0.05, 0.1) is 5.92 Å². The van der Waals surface area contributed by atoms with Crippen LogP contribution in [0.2, 0.25) is 0 Å². The van der Waals surface area contributed by atoms with E-state index in [0.29, 0.717) is 25.9 Å². The third-order valence-electron chi connectivity index (χ3n) is 4.52. The van der Waals surface area contributed by atoms with Crippen molar-refractivity contribution in [3.8, 4) is 0 Å². The SMILES string of the molecule is O=C(CC1C=CC[C@@H](C(=O)OCc2ccccc2)C1)c1ccccc1. The first-order valence-corrected chi connectivity index (χ1v) is 8.68. The lowest BCUT2D eigenvalue weighted by molar-refractivity contribution is -0.150. The van der Waals surface area contributed by atoms with Crippen molar-refractivity contribution in [2.75, 3.05) is 0 Å². The summed E-state index contributed by atoms with van der Waals surface area (Å²) in [5, 5.41) is 0. The zero-order valence-electron chi connectivity index (χ0n) is 14.1. The lowest BCUT2D eigenvalue weighted by Gasteiger charge is -2.23. The molecule has 2 aromatic carbocycles. The van der Waals surface area contributed by atoms with Gasteiger partial charge < -0.3 is 4.74 Å². The second-order valence-corrected chi connectivity index (χ2v) is 6.44. The standard InChI is InChI=1S/C22H22O3/c23-21(19-11-5-2-6-12-19)15-18-10-7-13-20(14-18)22(24)25-16-17-8-3-1-4-9-17/h1-12,18,20H,13-16H2/t18?,20-/m1/s1. The highest BCUT2D eigenvalue weighted by atomic mass is 16.5. The fourth-order valence-electron chi connectivity index (χ4n) is 3.15. The number of hydrogen-bond donors (Lipinski definition) is 0. The monoisotopic (exact) mass is 334 g/mol. The van der Waals surface area contributed by atoms with E-state index >= 15 is 0 Å². The predicted octanol–water partition coefficient (Wildman–Crippen LogP) is 4.59. The molecule has 1 unspecified atom stereocenters. The second kappa shape index (κ2) is 8.43. The average molecular weight is 334 g/mol. The Bertz CT molecular complexity index is 734. The van der Waals surface area contributed by atoms with Crippen LogP contribution in [0.4, 0.5) is 0 Å². The maximum atomic E-state index is 12.4. The van der Waals surface area contributed by atoms with Crippen LogP contribution in [0.25, 0.3) is 0 Å². The second-order valence-electron chi connectivity index (χ2n) is 6.44. The molecule has 0 aromatic heterocycles. The Morgan fingerprint density at radius 3 is 2.36 bits per heavy atom. The number of ketones is 1. The molecule has 3 nitrogen and oxygen atoms in total. The van der Waals surface area contributed by atoms with E-state index in [1.807, 2.05) is 66.7 Å². The zero-order chi connectivity index (χ0) is 17.5. The Morgan fingerprint density at radius 2 is 1.64 bits per heavy atom. The van der Waals surface area contributed by atoms with E-state index in [4.69, 9.17) is 4.74 Å². The van der Waals surface area contributed by atoms with Crippen LogP contribution in [-0.2, 0) is 16.1 Å². The molecule has 0 N–H and O–H groups in total. The van der Waals surface area contributed by atoms with Crippen molar-refractivity contribution in [1.82, 2.24) is 0 Å². The Morgan fingerprint density at radius 1 is 0.960 bits per heavy atom. The highest BCUT2D eigenvalue weighted by molar-refractivity contribution is 5.96. The molecule has 0 heterocycles. The summed E-state index contributed by atoms with van der Waals surface area (Å²) in [7, 11) is 0. The van der Waals surface area contributed by atoms with Gasteiger partial charge in [0.1, 0.15) is 6.61 Å². The molecule has 0 bridgehead atoms. The van der Waals surface area contributed by atoms with Gasteiger partial charge in [-0.2, -0.15) is 0 Å². The van der Waals surface area contributed by atoms with E-state index < -0.39 is 0 Å². The van der Waals surface area contributed by atoms with Crippen molar-refractivity contribution >= 4 is 11.8 Å². The zero-order valence-corrected chi connectivity index (χ0v) is 14.1. The third kappa shape index (κ3) is 4.90. The molecule has 1 aliphatic rings. The molecule has 0 fully saturated rings. The van der Waals surface area contributed by atoms with E-state index in [0.717, 1.165) is 11.1 Å². The van der Waals surface area contributed by atoms with Gasteiger partial charge in [-0.3, -0.25) is 9.59 Å². The molecule has 2 aromatic rings. The van der Waals surface area contributed by atoms with Crippen LogP contribution in [0.15, 0.2) is 72.8 Å². The lowest BCUT2D eigenvalue weighted by Crippen LogP contribution is -2.23. The summed E-state index contributed by atoms with van der Waals surface area (Å²) in [5.74, 6) is -0.128. The molecule has 25 heavy (non-hydrogen) atoms. The van der Waals surface area contributed by atoms with E-state index in [1.165, 1.54) is 0 Å². The van der Waals surface area contributed by atoms with Crippen molar-refractivity contribution in [1.29, 1.82) is 0 Å². The summed E-state index contributed by atoms with van der Waals surface area (Å²) in [6, 6.07) is 19.0. The summed E-state index contributed by atoms with van der Waals surface area (Å²) in [6.45, 7) is 0.299. The van der Waals surface area contributed by atoms with Crippen LogP contribution in [0, 0.1) is 11.8 Å². The maximum absolute atomic E-state index is 12.4.